The second kappa shape index (κ2) is 11.1. The number of aromatic carboxylic acids is 1. The number of hydrogen-bond donors (Lipinski definition) is 4. The molecule has 39 heavy (non-hydrogen) atoms. The number of pyridine rings is 1. The summed E-state index contributed by atoms with van der Waals surface area (Å²) in [5.74, 6) is -1.70. The lowest BCUT2D eigenvalue weighted by atomic mass is 9.91. The molecule has 0 aliphatic carbocycles. The number of carbonyl (C=O) groups excluding carboxylic acids is 2. The normalized spacial score (nSPS) is 11.6. The number of nitrogens with one attached hydrogen (secondary N) is 2. The zero-order valence-electron chi connectivity index (χ0n) is 21.1. The zero-order valence-corrected chi connectivity index (χ0v) is 21.9. The van der Waals surface area contributed by atoms with Crippen LogP contribution in [0.2, 0.25) is 0 Å². The van der Waals surface area contributed by atoms with Crippen LogP contribution in [0.1, 0.15) is 55.8 Å². The van der Waals surface area contributed by atoms with Gasteiger partial charge in [0.1, 0.15) is 18.1 Å². The van der Waals surface area contributed by atoms with Gasteiger partial charge in [-0.25, -0.2) is 9.78 Å². The fraction of sp³-hybridized carbons (Fsp3) is 0.172. The molecule has 0 unspecified atom stereocenters. The number of thiophene rings is 1. The van der Waals surface area contributed by atoms with Crippen molar-refractivity contribution < 1.29 is 24.2 Å². The first kappa shape index (κ1) is 26.1. The van der Waals surface area contributed by atoms with Crippen molar-refractivity contribution in [3.05, 3.63) is 87.4 Å². The standard InChI is InChI=1S/C29H26N4O5S/c1-2-9-31-28(35)24-8-7-19(26(33-24)29(36)37)20-11-25-21(23-15-39-14-17(23)13-38-25)10-22(20)27(34)32-18-5-3-16(12-30)4-6-18/h3-8,10-11,14-15H,2,9,12-13,30H2,1H3,(H,31,35)(H,32,34)(H,36,37). The number of rotatable bonds is 8. The number of anilines is 1. The highest BCUT2D eigenvalue weighted by molar-refractivity contribution is 7.08. The van der Waals surface area contributed by atoms with Crippen LogP contribution in [-0.2, 0) is 13.2 Å². The highest BCUT2D eigenvalue weighted by Crippen LogP contribution is 2.43. The lowest BCUT2D eigenvalue weighted by molar-refractivity contribution is 0.0691. The summed E-state index contributed by atoms with van der Waals surface area (Å²) in [4.78, 5) is 42.6. The smallest absolute Gasteiger partial charge is 0.355 e. The summed E-state index contributed by atoms with van der Waals surface area (Å²) in [7, 11) is 0. The van der Waals surface area contributed by atoms with Gasteiger partial charge >= 0.3 is 5.97 Å². The SMILES string of the molecule is CCCNC(=O)c1ccc(-c2cc3c(cc2C(=O)Nc2ccc(CN)cc2)-c2cscc2CO3)c(C(=O)O)n1. The molecule has 0 fully saturated rings. The number of carboxylic acid groups (broad SMARTS) is 1. The van der Waals surface area contributed by atoms with Crippen molar-refractivity contribution in [2.75, 3.05) is 11.9 Å². The molecule has 0 saturated heterocycles. The highest BCUT2D eigenvalue weighted by atomic mass is 32.1. The van der Waals surface area contributed by atoms with E-state index in [0.717, 1.165) is 28.7 Å². The topological polar surface area (TPSA) is 144 Å². The fourth-order valence-corrected chi connectivity index (χ4v) is 5.21. The molecular formula is C29H26N4O5S. The minimum atomic E-state index is -1.32. The molecule has 10 heteroatoms. The van der Waals surface area contributed by atoms with E-state index < -0.39 is 17.8 Å². The molecule has 5 N–H and O–H groups in total. The predicted octanol–water partition coefficient (Wildman–Crippen LogP) is 4.92. The first-order chi connectivity index (χ1) is 18.9. The average molecular weight is 543 g/mol. The van der Waals surface area contributed by atoms with Crippen molar-refractivity contribution in [1.82, 2.24) is 10.3 Å². The Bertz CT molecular complexity index is 1580. The summed E-state index contributed by atoms with van der Waals surface area (Å²) in [5.41, 5.74) is 10.3. The van der Waals surface area contributed by atoms with E-state index in [1.54, 1.807) is 24.3 Å². The molecule has 0 atom stereocenters. The predicted molar refractivity (Wildman–Crippen MR) is 149 cm³/mol. The number of benzene rings is 2. The maximum Gasteiger partial charge on any atom is 0.355 e. The number of ether oxygens (including phenoxy) is 1. The average Bonchev–Trinajstić information content (AvgIpc) is 3.45. The van der Waals surface area contributed by atoms with Crippen molar-refractivity contribution in [2.24, 2.45) is 5.73 Å². The summed E-state index contributed by atoms with van der Waals surface area (Å²) in [6.45, 7) is 3.10. The van der Waals surface area contributed by atoms with Crippen LogP contribution in [0.5, 0.6) is 5.75 Å². The molecule has 2 aromatic heterocycles. The van der Waals surface area contributed by atoms with Crippen molar-refractivity contribution in [2.45, 2.75) is 26.5 Å². The maximum absolute atomic E-state index is 13.7. The molecule has 0 radical (unpaired) electrons. The van der Waals surface area contributed by atoms with Crippen molar-refractivity contribution in [1.29, 1.82) is 0 Å². The van der Waals surface area contributed by atoms with Crippen molar-refractivity contribution >= 4 is 34.8 Å². The van der Waals surface area contributed by atoms with Gasteiger partial charge in [0.2, 0.25) is 0 Å². The molecule has 4 aromatic rings. The Balaban J connectivity index is 1.63. The molecule has 2 aromatic carbocycles. The fourth-order valence-electron chi connectivity index (χ4n) is 4.37. The molecule has 5 rings (SSSR count). The van der Waals surface area contributed by atoms with Gasteiger partial charge in [-0.05, 0) is 59.1 Å². The van der Waals surface area contributed by atoms with Gasteiger partial charge in [0.15, 0.2) is 5.69 Å². The van der Waals surface area contributed by atoms with E-state index in [4.69, 9.17) is 10.5 Å². The first-order valence-corrected chi connectivity index (χ1v) is 13.3. The highest BCUT2D eigenvalue weighted by Gasteiger charge is 2.27. The molecule has 1 aliphatic rings. The molecule has 0 spiro atoms. The maximum atomic E-state index is 13.7. The lowest BCUT2D eigenvalue weighted by Gasteiger charge is -2.22. The van der Waals surface area contributed by atoms with Crippen molar-refractivity contribution in [3.8, 4) is 28.0 Å². The minimum Gasteiger partial charge on any atom is -0.488 e. The summed E-state index contributed by atoms with van der Waals surface area (Å²) in [6, 6.07) is 13.5. The molecule has 9 nitrogen and oxygen atoms in total. The number of carboxylic acids is 1. The van der Waals surface area contributed by atoms with Crippen LogP contribution < -0.4 is 21.1 Å². The molecule has 2 amide bonds. The third-order valence-corrected chi connectivity index (χ3v) is 7.18. The number of aromatic nitrogens is 1. The van der Waals surface area contributed by atoms with E-state index in [1.165, 1.54) is 23.5 Å². The van der Waals surface area contributed by atoms with Crippen LogP contribution in [-0.4, -0.2) is 34.4 Å². The summed E-state index contributed by atoms with van der Waals surface area (Å²) in [6.07, 6.45) is 0.726. The number of fused-ring (bicyclic) bond motifs is 3. The Morgan fingerprint density at radius 1 is 1.00 bits per heavy atom. The quantitative estimate of drug-likeness (QED) is 0.247. The number of hydrogen-bond acceptors (Lipinski definition) is 7. The van der Waals surface area contributed by atoms with E-state index in [0.29, 0.717) is 36.7 Å². The number of nitrogens with zero attached hydrogens (tertiary/aromatic N) is 1. The van der Waals surface area contributed by atoms with E-state index >= 15 is 0 Å². The Labute approximate surface area is 228 Å². The van der Waals surface area contributed by atoms with E-state index in [2.05, 4.69) is 15.6 Å². The number of carbonyl (C=O) groups is 3. The third-order valence-electron chi connectivity index (χ3n) is 6.38. The second-order valence-corrected chi connectivity index (χ2v) is 9.75. The Morgan fingerprint density at radius 2 is 1.79 bits per heavy atom. The molecule has 3 heterocycles. The van der Waals surface area contributed by atoms with Crippen molar-refractivity contribution in [3.63, 3.8) is 0 Å². The van der Waals surface area contributed by atoms with Crippen LogP contribution in [0.3, 0.4) is 0 Å². The monoisotopic (exact) mass is 542 g/mol. The Morgan fingerprint density at radius 3 is 2.51 bits per heavy atom. The Kier molecular flexibility index (Phi) is 7.40. The van der Waals surface area contributed by atoms with Gasteiger partial charge in [0, 0.05) is 52.2 Å². The molecule has 198 valence electrons. The van der Waals surface area contributed by atoms with Crippen LogP contribution in [0, 0.1) is 0 Å². The van der Waals surface area contributed by atoms with Crippen LogP contribution in [0.4, 0.5) is 5.69 Å². The third kappa shape index (κ3) is 5.25. The summed E-state index contributed by atoms with van der Waals surface area (Å²) in [5, 5.41) is 19.6. The van der Waals surface area contributed by atoms with Crippen LogP contribution >= 0.6 is 11.3 Å². The van der Waals surface area contributed by atoms with Gasteiger partial charge in [-0.15, -0.1) is 0 Å². The minimum absolute atomic E-state index is 0.0206. The van der Waals surface area contributed by atoms with E-state index in [9.17, 15) is 19.5 Å². The molecule has 0 bridgehead atoms. The van der Waals surface area contributed by atoms with E-state index in [-0.39, 0.29) is 22.5 Å². The molecule has 1 aliphatic heterocycles. The second-order valence-electron chi connectivity index (χ2n) is 9.00. The van der Waals surface area contributed by atoms with Gasteiger partial charge in [-0.3, -0.25) is 9.59 Å². The largest absolute Gasteiger partial charge is 0.488 e. The number of amides is 2. The van der Waals surface area contributed by atoms with Gasteiger partial charge in [0.05, 0.1) is 0 Å². The lowest BCUT2D eigenvalue weighted by Crippen LogP contribution is -2.25. The Hall–Kier alpha value is -4.54. The van der Waals surface area contributed by atoms with Gasteiger partial charge in [-0.1, -0.05) is 19.1 Å². The van der Waals surface area contributed by atoms with Gasteiger partial charge in [0.25, 0.3) is 11.8 Å². The molecule has 0 saturated carbocycles. The summed E-state index contributed by atoms with van der Waals surface area (Å²) < 4.78 is 5.99. The molecular weight excluding hydrogens is 516 g/mol. The van der Waals surface area contributed by atoms with E-state index in [1.807, 2.05) is 29.8 Å². The number of nitrogens with two attached hydrogens (primary N) is 1. The van der Waals surface area contributed by atoms with Gasteiger partial charge in [-0.2, -0.15) is 11.3 Å². The summed E-state index contributed by atoms with van der Waals surface area (Å²) >= 11 is 1.54. The van der Waals surface area contributed by atoms with Gasteiger partial charge < -0.3 is 26.2 Å². The first-order valence-electron chi connectivity index (χ1n) is 12.4. The zero-order chi connectivity index (χ0) is 27.5. The van der Waals surface area contributed by atoms with Crippen LogP contribution in [0.15, 0.2) is 59.3 Å². The van der Waals surface area contributed by atoms with Crippen LogP contribution in [0.25, 0.3) is 22.3 Å².